The van der Waals surface area contributed by atoms with Crippen LogP contribution in [0.3, 0.4) is 0 Å². The first-order valence-electron chi connectivity index (χ1n) is 5.84. The van der Waals surface area contributed by atoms with Gasteiger partial charge < -0.3 is 10.2 Å². The topological polar surface area (TPSA) is 87.2 Å². The Morgan fingerprint density at radius 3 is 2.72 bits per heavy atom. The summed E-state index contributed by atoms with van der Waals surface area (Å²) in [6.45, 7) is 4.51. The summed E-state index contributed by atoms with van der Waals surface area (Å²) in [4.78, 5) is 25.1. The van der Waals surface area contributed by atoms with Crippen molar-refractivity contribution in [2.24, 2.45) is 0 Å². The average molecular weight is 269 g/mol. The number of carbonyl (C=O) groups excluding carboxylic acids is 2. The van der Waals surface area contributed by atoms with Gasteiger partial charge in [0.2, 0.25) is 5.13 Å². The van der Waals surface area contributed by atoms with Crippen molar-refractivity contribution in [3.63, 3.8) is 0 Å². The maximum Gasteiger partial charge on any atom is 0.315 e. The number of amides is 2. The molecule has 1 saturated heterocycles. The van der Waals surface area contributed by atoms with Crippen LogP contribution in [0.5, 0.6) is 0 Å². The van der Waals surface area contributed by atoms with Crippen molar-refractivity contribution in [1.82, 2.24) is 20.4 Å². The highest BCUT2D eigenvalue weighted by Gasteiger charge is 2.24. The average Bonchev–Trinajstić information content (AvgIpc) is 2.86. The van der Waals surface area contributed by atoms with E-state index in [0.717, 1.165) is 24.5 Å². The number of nitrogens with one attached hydrogen (secondary N) is 2. The van der Waals surface area contributed by atoms with Gasteiger partial charge in [-0.1, -0.05) is 18.3 Å². The Hall–Kier alpha value is -1.54. The molecule has 98 valence electrons. The summed E-state index contributed by atoms with van der Waals surface area (Å²) in [5.74, 6) is -1.15. The summed E-state index contributed by atoms with van der Waals surface area (Å²) in [7, 11) is 0. The molecule has 0 saturated carbocycles. The lowest BCUT2D eigenvalue weighted by Crippen LogP contribution is -2.49. The van der Waals surface area contributed by atoms with Gasteiger partial charge in [-0.15, -0.1) is 10.2 Å². The van der Waals surface area contributed by atoms with Gasteiger partial charge in [0.1, 0.15) is 5.01 Å². The summed E-state index contributed by atoms with van der Waals surface area (Å²) in [6.07, 6.45) is 0.763. The van der Waals surface area contributed by atoms with Crippen molar-refractivity contribution in [3.05, 3.63) is 5.01 Å². The largest absolute Gasteiger partial charge is 0.332 e. The molecule has 2 heterocycles. The van der Waals surface area contributed by atoms with E-state index in [1.54, 1.807) is 0 Å². The van der Waals surface area contributed by atoms with E-state index in [4.69, 9.17) is 0 Å². The molecule has 2 rings (SSSR count). The van der Waals surface area contributed by atoms with Gasteiger partial charge in [-0.25, -0.2) is 0 Å². The molecular weight excluding hydrogens is 254 g/mol. The van der Waals surface area contributed by atoms with Crippen molar-refractivity contribution < 1.29 is 9.59 Å². The first kappa shape index (κ1) is 12.9. The summed E-state index contributed by atoms with van der Waals surface area (Å²) >= 11 is 1.29. The molecule has 18 heavy (non-hydrogen) atoms. The fourth-order valence-electron chi connectivity index (χ4n) is 1.61. The molecule has 1 fully saturated rings. The third-order valence-corrected chi connectivity index (χ3v) is 3.57. The molecule has 0 atom stereocenters. The SMILES string of the molecule is CCc1nnc(NC(=O)C(=O)N2CCNCC2)s1. The van der Waals surface area contributed by atoms with E-state index in [1.165, 1.54) is 16.2 Å². The number of nitrogens with zero attached hydrogens (tertiary/aromatic N) is 3. The number of aromatic nitrogens is 2. The number of hydrogen-bond acceptors (Lipinski definition) is 6. The Labute approximate surface area is 109 Å². The molecule has 1 aromatic rings. The van der Waals surface area contributed by atoms with Crippen molar-refractivity contribution in [1.29, 1.82) is 0 Å². The van der Waals surface area contributed by atoms with Crippen molar-refractivity contribution in [3.8, 4) is 0 Å². The van der Waals surface area contributed by atoms with Gasteiger partial charge in [0, 0.05) is 26.2 Å². The smallest absolute Gasteiger partial charge is 0.315 e. The van der Waals surface area contributed by atoms with Crippen LogP contribution in [-0.4, -0.2) is 53.1 Å². The van der Waals surface area contributed by atoms with Crippen LogP contribution in [0.2, 0.25) is 0 Å². The molecule has 0 aromatic carbocycles. The molecule has 0 spiro atoms. The third kappa shape index (κ3) is 3.02. The highest BCUT2D eigenvalue weighted by Crippen LogP contribution is 2.15. The predicted octanol–water partition coefficient (Wildman–Crippen LogP) is -0.529. The maximum absolute atomic E-state index is 11.8. The highest BCUT2D eigenvalue weighted by molar-refractivity contribution is 7.15. The van der Waals surface area contributed by atoms with Crippen molar-refractivity contribution >= 4 is 28.3 Å². The zero-order valence-electron chi connectivity index (χ0n) is 10.1. The Kier molecular flexibility index (Phi) is 4.21. The molecular formula is C10H15N5O2S. The standard InChI is InChI=1S/C10H15N5O2S/c1-2-7-13-14-10(18-7)12-8(16)9(17)15-5-3-11-4-6-15/h11H,2-6H2,1H3,(H,12,14,16). The van der Waals surface area contributed by atoms with Crippen LogP contribution in [0.1, 0.15) is 11.9 Å². The highest BCUT2D eigenvalue weighted by atomic mass is 32.1. The second-order valence-corrected chi connectivity index (χ2v) is 4.91. The van der Waals surface area contributed by atoms with E-state index >= 15 is 0 Å². The Morgan fingerprint density at radius 1 is 1.39 bits per heavy atom. The van der Waals surface area contributed by atoms with Gasteiger partial charge in [-0.2, -0.15) is 0 Å². The normalized spacial score (nSPS) is 15.5. The first-order valence-corrected chi connectivity index (χ1v) is 6.65. The second-order valence-electron chi connectivity index (χ2n) is 3.85. The van der Waals surface area contributed by atoms with Gasteiger partial charge in [-0.3, -0.25) is 14.9 Å². The van der Waals surface area contributed by atoms with Gasteiger partial charge in [0.05, 0.1) is 0 Å². The van der Waals surface area contributed by atoms with E-state index in [-0.39, 0.29) is 0 Å². The zero-order valence-corrected chi connectivity index (χ0v) is 10.9. The number of carbonyl (C=O) groups is 2. The fourth-order valence-corrected chi connectivity index (χ4v) is 2.28. The van der Waals surface area contributed by atoms with Crippen LogP contribution in [0.15, 0.2) is 0 Å². The van der Waals surface area contributed by atoms with Crippen molar-refractivity contribution in [2.45, 2.75) is 13.3 Å². The molecule has 1 aliphatic heterocycles. The third-order valence-electron chi connectivity index (χ3n) is 2.59. The number of aryl methyl sites for hydroxylation is 1. The first-order chi connectivity index (χ1) is 8.70. The second kappa shape index (κ2) is 5.87. The Morgan fingerprint density at radius 2 is 2.11 bits per heavy atom. The molecule has 0 unspecified atom stereocenters. The lowest BCUT2D eigenvalue weighted by molar-refractivity contribution is -0.143. The number of hydrogen-bond donors (Lipinski definition) is 2. The number of piperazine rings is 1. The summed E-state index contributed by atoms with van der Waals surface area (Å²) in [5, 5.41) is 14.5. The minimum Gasteiger partial charge on any atom is -0.332 e. The van der Waals surface area contributed by atoms with E-state index in [1.807, 2.05) is 6.92 Å². The zero-order chi connectivity index (χ0) is 13.0. The van der Waals surface area contributed by atoms with Crippen molar-refractivity contribution in [2.75, 3.05) is 31.5 Å². The Balaban J connectivity index is 1.92. The van der Waals surface area contributed by atoms with Gasteiger partial charge in [-0.05, 0) is 6.42 Å². The van der Waals surface area contributed by atoms with Crippen LogP contribution in [0.25, 0.3) is 0 Å². The molecule has 1 aromatic heterocycles. The van der Waals surface area contributed by atoms with Crippen LogP contribution in [0.4, 0.5) is 5.13 Å². The summed E-state index contributed by atoms with van der Waals surface area (Å²) in [6, 6.07) is 0. The molecule has 2 amide bonds. The maximum atomic E-state index is 11.8. The van der Waals surface area contributed by atoms with Gasteiger partial charge in [0.25, 0.3) is 0 Å². The fraction of sp³-hybridized carbons (Fsp3) is 0.600. The predicted molar refractivity (Wildman–Crippen MR) is 67.4 cm³/mol. The number of rotatable bonds is 2. The molecule has 1 aliphatic rings. The quantitative estimate of drug-likeness (QED) is 0.705. The van der Waals surface area contributed by atoms with E-state index in [9.17, 15) is 9.59 Å². The molecule has 8 heteroatoms. The minimum atomic E-state index is -0.643. The van der Waals surface area contributed by atoms with Crippen LogP contribution >= 0.6 is 11.3 Å². The van der Waals surface area contributed by atoms with Crippen LogP contribution in [-0.2, 0) is 16.0 Å². The lowest BCUT2D eigenvalue weighted by atomic mass is 10.3. The monoisotopic (exact) mass is 269 g/mol. The van der Waals surface area contributed by atoms with E-state index < -0.39 is 11.8 Å². The Bertz CT molecular complexity index is 441. The van der Waals surface area contributed by atoms with Gasteiger partial charge >= 0.3 is 11.8 Å². The molecule has 2 N–H and O–H groups in total. The van der Waals surface area contributed by atoms with Gasteiger partial charge in [0.15, 0.2) is 0 Å². The van der Waals surface area contributed by atoms with E-state index in [2.05, 4.69) is 20.8 Å². The lowest BCUT2D eigenvalue weighted by Gasteiger charge is -2.26. The number of anilines is 1. The molecule has 7 nitrogen and oxygen atoms in total. The van der Waals surface area contributed by atoms with Crippen LogP contribution in [0, 0.1) is 0 Å². The minimum absolute atomic E-state index is 0.375. The molecule has 0 radical (unpaired) electrons. The molecule has 0 aliphatic carbocycles. The summed E-state index contributed by atoms with van der Waals surface area (Å²) in [5.41, 5.74) is 0. The molecule has 0 bridgehead atoms. The summed E-state index contributed by atoms with van der Waals surface area (Å²) < 4.78 is 0. The van der Waals surface area contributed by atoms with Crippen LogP contribution < -0.4 is 10.6 Å². The van der Waals surface area contributed by atoms with E-state index in [0.29, 0.717) is 18.2 Å².